The van der Waals surface area contributed by atoms with Gasteiger partial charge in [-0.15, -0.1) is 0 Å². The zero-order valence-corrected chi connectivity index (χ0v) is 6.44. The van der Waals surface area contributed by atoms with Crippen LogP contribution in [0.25, 0.3) is 0 Å². The van der Waals surface area contributed by atoms with Crippen LogP contribution >= 0.6 is 0 Å². The number of rotatable bonds is 2. The molecule has 1 heteroatoms. The summed E-state index contributed by atoms with van der Waals surface area (Å²) in [4.78, 5) is 0. The van der Waals surface area contributed by atoms with Gasteiger partial charge < -0.3 is 0 Å². The molecule has 0 fully saturated rings. The molecule has 0 aromatic heterocycles. The molecule has 0 radical (unpaired) electrons. The summed E-state index contributed by atoms with van der Waals surface area (Å²) in [5, 5.41) is 0. The van der Waals surface area contributed by atoms with E-state index in [-0.39, 0.29) is 0 Å². The van der Waals surface area contributed by atoms with Crippen LogP contribution in [0, 0.1) is 0 Å². The summed E-state index contributed by atoms with van der Waals surface area (Å²) in [6.07, 6.45) is 4.14. The van der Waals surface area contributed by atoms with Gasteiger partial charge in [-0.2, -0.15) is 0 Å². The van der Waals surface area contributed by atoms with E-state index in [0.29, 0.717) is 0 Å². The molecule has 0 aromatic carbocycles. The summed E-state index contributed by atoms with van der Waals surface area (Å²) in [7, 11) is 3.64. The molecule has 0 amide bonds. The fraction of sp³-hybridized carbons (Fsp3) is 0.375. The minimum absolute atomic E-state index is 1.20. The molecule has 9 heavy (non-hydrogen) atoms. The normalized spacial score (nSPS) is 10.7. The molecule has 0 rings (SSSR count). The maximum absolute atomic E-state index is 3.64. The van der Waals surface area contributed by atoms with Crippen molar-refractivity contribution in [1.82, 2.24) is 0 Å². The first-order valence-electron chi connectivity index (χ1n) is 3.11. The Bertz CT molecular complexity index is 148. The van der Waals surface area contributed by atoms with Crippen LogP contribution in [0.15, 0.2) is 23.3 Å². The molecular weight excluding hydrogens is 107 g/mol. The van der Waals surface area contributed by atoms with Gasteiger partial charge in [0.25, 0.3) is 0 Å². The van der Waals surface area contributed by atoms with Gasteiger partial charge in [0, 0.05) is 0 Å². The Morgan fingerprint density at radius 2 is 1.67 bits per heavy atom. The molecule has 0 atom stereocenters. The van der Waals surface area contributed by atoms with Crippen molar-refractivity contribution in [3.05, 3.63) is 23.3 Å². The quantitative estimate of drug-likeness (QED) is 0.383. The molecule has 0 aromatic rings. The first-order valence-corrected chi connectivity index (χ1v) is 3.11. The second kappa shape index (κ2) is 4.31. The molecular formula is C8H13B. The van der Waals surface area contributed by atoms with Gasteiger partial charge in [-0.25, -0.2) is 0 Å². The molecule has 0 heterocycles. The van der Waals surface area contributed by atoms with Crippen molar-refractivity contribution < 1.29 is 0 Å². The van der Waals surface area contributed by atoms with Crippen LogP contribution in [0.3, 0.4) is 0 Å². The molecule has 48 valence electrons. The van der Waals surface area contributed by atoms with E-state index >= 15 is 0 Å². The van der Waals surface area contributed by atoms with Gasteiger partial charge >= 0.3 is 57.5 Å². The van der Waals surface area contributed by atoms with Crippen molar-refractivity contribution in [2.75, 3.05) is 0 Å². The Morgan fingerprint density at radius 3 is 2.00 bits per heavy atom. The number of allylic oxidation sites excluding steroid dienone is 4. The molecule has 0 aliphatic carbocycles. The van der Waals surface area contributed by atoms with E-state index in [1.165, 1.54) is 11.1 Å². The van der Waals surface area contributed by atoms with Crippen LogP contribution in [0.1, 0.15) is 20.8 Å². The second-order valence-corrected chi connectivity index (χ2v) is 2.36. The van der Waals surface area contributed by atoms with Crippen LogP contribution in [0.2, 0.25) is 0 Å². The van der Waals surface area contributed by atoms with Gasteiger partial charge in [-0.3, -0.25) is 0 Å². The third-order valence-electron chi connectivity index (χ3n) is 1.00. The third kappa shape index (κ3) is 5.28. The van der Waals surface area contributed by atoms with E-state index in [2.05, 4.69) is 33.5 Å². The average Bonchev–Trinajstić information content (AvgIpc) is 1.83. The zero-order chi connectivity index (χ0) is 7.28. The zero-order valence-electron chi connectivity index (χ0n) is 6.44. The molecule has 0 saturated heterocycles. The Balaban J connectivity index is 3.98. The van der Waals surface area contributed by atoms with Gasteiger partial charge in [-0.05, 0) is 0 Å². The fourth-order valence-corrected chi connectivity index (χ4v) is 0.366. The van der Waals surface area contributed by atoms with Gasteiger partial charge in [0.2, 0.25) is 0 Å². The first kappa shape index (κ1) is 8.41. The van der Waals surface area contributed by atoms with Gasteiger partial charge in [0.15, 0.2) is 0 Å². The number of hydrogen-bond acceptors (Lipinski definition) is 0. The standard InChI is InChI=1S/C8H13B/c1-7(2)4-5-8(3)6-9/h4-6,9H,1-3H3/b8-5-. The molecule has 0 nitrogen and oxygen atoms in total. The molecule has 0 bridgehead atoms. The minimum atomic E-state index is 1.20. The first-order chi connectivity index (χ1) is 4.16. The van der Waals surface area contributed by atoms with E-state index in [1.54, 1.807) is 0 Å². The van der Waals surface area contributed by atoms with Crippen LogP contribution in [0.5, 0.6) is 0 Å². The van der Waals surface area contributed by atoms with Crippen molar-refractivity contribution in [3.8, 4) is 0 Å². The predicted molar refractivity (Wildman–Crippen MR) is 46.4 cm³/mol. The van der Waals surface area contributed by atoms with Gasteiger partial charge in [0.05, 0.1) is 0 Å². The van der Waals surface area contributed by atoms with Crippen LogP contribution in [-0.2, 0) is 0 Å². The monoisotopic (exact) mass is 120 g/mol. The van der Waals surface area contributed by atoms with Crippen molar-refractivity contribution >= 4 is 13.5 Å². The molecule has 0 unspecified atom stereocenters. The summed E-state index contributed by atoms with van der Waals surface area (Å²) < 4.78 is 0. The Labute approximate surface area is 58.4 Å². The summed E-state index contributed by atoms with van der Waals surface area (Å²) >= 11 is 0. The summed E-state index contributed by atoms with van der Waals surface area (Å²) in [6.45, 7) is 6.19. The van der Waals surface area contributed by atoms with E-state index in [0.717, 1.165) is 0 Å². The van der Waals surface area contributed by atoms with E-state index in [1.807, 2.05) is 12.9 Å². The van der Waals surface area contributed by atoms with E-state index in [9.17, 15) is 0 Å². The molecule has 0 aliphatic heterocycles. The van der Waals surface area contributed by atoms with E-state index < -0.39 is 0 Å². The third-order valence-corrected chi connectivity index (χ3v) is 1.00. The maximum atomic E-state index is 3.64. The Kier molecular flexibility index (Phi) is 4.03. The summed E-state index contributed by atoms with van der Waals surface area (Å²) in [6, 6.07) is 0. The van der Waals surface area contributed by atoms with E-state index in [4.69, 9.17) is 0 Å². The Morgan fingerprint density at radius 1 is 1.11 bits per heavy atom. The topological polar surface area (TPSA) is 0 Å². The second-order valence-electron chi connectivity index (χ2n) is 2.36. The van der Waals surface area contributed by atoms with Gasteiger partial charge in [0.1, 0.15) is 0 Å². The van der Waals surface area contributed by atoms with Crippen molar-refractivity contribution in [2.24, 2.45) is 0 Å². The molecule has 0 spiro atoms. The molecule has 0 aliphatic rings. The van der Waals surface area contributed by atoms with Crippen LogP contribution in [0.4, 0.5) is 0 Å². The summed E-state index contributed by atoms with van der Waals surface area (Å²) in [5.74, 6) is 1.85. The Hall–Kier alpha value is -0.585. The predicted octanol–water partition coefficient (Wildman–Crippen LogP) is 1.60. The number of hydrogen-bond donors (Lipinski definition) is 0. The molecule has 0 saturated carbocycles. The van der Waals surface area contributed by atoms with Gasteiger partial charge in [-0.1, -0.05) is 0 Å². The fourth-order valence-electron chi connectivity index (χ4n) is 0.366. The van der Waals surface area contributed by atoms with Crippen LogP contribution in [-0.4, -0.2) is 13.5 Å². The SMILES string of the molecule is B=C/C(C)=C\C=C(C)C. The van der Waals surface area contributed by atoms with Crippen molar-refractivity contribution in [1.29, 1.82) is 0 Å². The molecule has 0 N–H and O–H groups in total. The summed E-state index contributed by atoms with van der Waals surface area (Å²) in [5.41, 5.74) is 2.52. The van der Waals surface area contributed by atoms with Crippen LogP contribution < -0.4 is 0 Å². The van der Waals surface area contributed by atoms with Crippen molar-refractivity contribution in [3.63, 3.8) is 0 Å². The van der Waals surface area contributed by atoms with Crippen molar-refractivity contribution in [2.45, 2.75) is 20.8 Å². The average molecular weight is 120 g/mol.